The van der Waals surface area contributed by atoms with Crippen LogP contribution in [0, 0.1) is 10.1 Å². The zero-order valence-electron chi connectivity index (χ0n) is 19.7. The maximum absolute atomic E-state index is 13.4. The van der Waals surface area contributed by atoms with Crippen molar-refractivity contribution < 1.29 is 24.0 Å². The normalized spacial score (nSPS) is 12.8. The van der Waals surface area contributed by atoms with Crippen LogP contribution >= 0.6 is 0 Å². The second-order valence-corrected chi connectivity index (χ2v) is 8.88. The van der Waals surface area contributed by atoms with Crippen LogP contribution in [0.15, 0.2) is 54.6 Å². The second kappa shape index (κ2) is 11.3. The molecule has 0 aliphatic heterocycles. The lowest BCUT2D eigenvalue weighted by Crippen LogP contribution is -2.55. The quantitative estimate of drug-likeness (QED) is 0.426. The zero-order valence-corrected chi connectivity index (χ0v) is 19.7. The second-order valence-electron chi connectivity index (χ2n) is 8.88. The van der Waals surface area contributed by atoms with Crippen LogP contribution in [0.2, 0.25) is 0 Å². The molecule has 2 aromatic carbocycles. The molecule has 0 heterocycles. The van der Waals surface area contributed by atoms with Crippen LogP contribution in [-0.2, 0) is 27.2 Å². The Morgan fingerprint density at radius 1 is 1.03 bits per heavy atom. The van der Waals surface area contributed by atoms with E-state index in [9.17, 15) is 24.5 Å². The third-order valence-corrected chi connectivity index (χ3v) is 4.99. The summed E-state index contributed by atoms with van der Waals surface area (Å²) in [6, 6.07) is 12.7. The third-order valence-electron chi connectivity index (χ3n) is 4.99. The number of primary amides is 1. The third kappa shape index (κ3) is 7.88. The van der Waals surface area contributed by atoms with E-state index in [1.165, 1.54) is 36.2 Å². The van der Waals surface area contributed by atoms with Gasteiger partial charge in [-0.05, 0) is 31.9 Å². The molecule has 0 unspecified atom stereocenters. The van der Waals surface area contributed by atoms with Gasteiger partial charge in [-0.2, -0.15) is 0 Å². The Morgan fingerprint density at radius 3 is 2.09 bits per heavy atom. The van der Waals surface area contributed by atoms with Crippen molar-refractivity contribution >= 4 is 23.6 Å². The number of amides is 3. The summed E-state index contributed by atoms with van der Waals surface area (Å²) in [4.78, 5) is 49.6. The van der Waals surface area contributed by atoms with E-state index in [0.29, 0.717) is 5.56 Å². The number of nitro benzene ring substituents is 1. The topological polar surface area (TPSA) is 145 Å². The first-order valence-corrected chi connectivity index (χ1v) is 10.7. The molecule has 3 N–H and O–H groups in total. The molecule has 0 saturated carbocycles. The Kier molecular flexibility index (Phi) is 8.71. The molecular formula is C24H30N4O6. The predicted molar refractivity (Wildman–Crippen MR) is 126 cm³/mol. The standard InChI is InChI=1S/C24H30N4O6/c1-24(2,3)34-23(31)26-19(14-16-8-6-5-7-9-16)22(30)27(4)20(21(25)29)15-17-10-12-18(13-11-17)28(32)33/h5-13,19-20H,14-15H2,1-4H3,(H2,25,29)(H,26,31)/t19-,20-/m0/s1. The zero-order chi connectivity index (χ0) is 25.5. The molecule has 0 aliphatic carbocycles. The predicted octanol–water partition coefficient (Wildman–Crippen LogP) is 2.59. The Morgan fingerprint density at radius 2 is 1.59 bits per heavy atom. The average molecular weight is 471 g/mol. The highest BCUT2D eigenvalue weighted by atomic mass is 16.6. The van der Waals surface area contributed by atoms with Gasteiger partial charge in [0.05, 0.1) is 4.92 Å². The van der Waals surface area contributed by atoms with Crippen LogP contribution in [-0.4, -0.2) is 52.5 Å². The number of non-ortho nitro benzene ring substituents is 1. The van der Waals surface area contributed by atoms with Gasteiger partial charge in [0.2, 0.25) is 11.8 Å². The number of rotatable bonds is 9. The molecule has 0 radical (unpaired) electrons. The van der Waals surface area contributed by atoms with Crippen LogP contribution in [0.4, 0.5) is 10.5 Å². The van der Waals surface area contributed by atoms with Gasteiger partial charge < -0.3 is 20.7 Å². The molecule has 34 heavy (non-hydrogen) atoms. The van der Waals surface area contributed by atoms with Crippen LogP contribution in [0.25, 0.3) is 0 Å². The largest absolute Gasteiger partial charge is 0.444 e. The van der Waals surface area contributed by atoms with E-state index in [2.05, 4.69) is 5.32 Å². The minimum absolute atomic E-state index is 0.0556. The first-order chi connectivity index (χ1) is 15.9. The first-order valence-electron chi connectivity index (χ1n) is 10.7. The maximum atomic E-state index is 13.4. The Bertz CT molecular complexity index is 1020. The number of nitrogens with one attached hydrogen (secondary N) is 1. The number of likely N-dealkylation sites (N-methyl/N-ethyl adjacent to an activating group) is 1. The van der Waals surface area contributed by atoms with E-state index in [4.69, 9.17) is 10.5 Å². The molecule has 10 nitrogen and oxygen atoms in total. The number of ether oxygens (including phenoxy) is 1. The van der Waals surface area contributed by atoms with Gasteiger partial charge in [0.15, 0.2) is 0 Å². The van der Waals surface area contributed by atoms with Crippen molar-refractivity contribution in [3.63, 3.8) is 0 Å². The average Bonchev–Trinajstić information content (AvgIpc) is 2.75. The van der Waals surface area contributed by atoms with Crippen molar-refractivity contribution in [2.45, 2.75) is 51.3 Å². The Labute approximate surface area is 198 Å². The van der Waals surface area contributed by atoms with Crippen molar-refractivity contribution in [1.29, 1.82) is 0 Å². The molecule has 0 aliphatic rings. The van der Waals surface area contributed by atoms with E-state index in [-0.39, 0.29) is 18.5 Å². The van der Waals surface area contributed by atoms with E-state index in [0.717, 1.165) is 5.56 Å². The summed E-state index contributed by atoms with van der Waals surface area (Å²) < 4.78 is 5.30. The van der Waals surface area contributed by atoms with Gasteiger partial charge in [0.25, 0.3) is 5.69 Å². The number of benzene rings is 2. The minimum Gasteiger partial charge on any atom is -0.444 e. The number of hydrogen-bond acceptors (Lipinski definition) is 6. The summed E-state index contributed by atoms with van der Waals surface area (Å²) in [5.74, 6) is -1.27. The molecule has 0 aromatic heterocycles. The number of alkyl carbamates (subject to hydrolysis) is 1. The van der Waals surface area contributed by atoms with Crippen molar-refractivity contribution in [3.8, 4) is 0 Å². The highest BCUT2D eigenvalue weighted by Gasteiger charge is 2.32. The summed E-state index contributed by atoms with van der Waals surface area (Å²) in [6.07, 6.45) is -0.534. The molecule has 2 atom stereocenters. The summed E-state index contributed by atoms with van der Waals surface area (Å²) in [5.41, 5.74) is 6.13. The van der Waals surface area contributed by atoms with Crippen molar-refractivity contribution in [1.82, 2.24) is 10.2 Å². The van der Waals surface area contributed by atoms with Crippen molar-refractivity contribution in [2.75, 3.05) is 7.05 Å². The van der Waals surface area contributed by atoms with E-state index < -0.39 is 40.5 Å². The molecular weight excluding hydrogens is 440 g/mol. The van der Waals surface area contributed by atoms with E-state index >= 15 is 0 Å². The molecule has 2 aromatic rings. The van der Waals surface area contributed by atoms with Crippen molar-refractivity contribution in [3.05, 3.63) is 75.8 Å². The fourth-order valence-corrected chi connectivity index (χ4v) is 3.30. The van der Waals surface area contributed by atoms with Crippen LogP contribution in [0.3, 0.4) is 0 Å². The van der Waals surface area contributed by atoms with Gasteiger partial charge in [0, 0.05) is 32.0 Å². The fraction of sp³-hybridized carbons (Fsp3) is 0.375. The van der Waals surface area contributed by atoms with Gasteiger partial charge in [-0.3, -0.25) is 19.7 Å². The fourth-order valence-electron chi connectivity index (χ4n) is 3.30. The lowest BCUT2D eigenvalue weighted by Gasteiger charge is -2.30. The number of nitrogens with two attached hydrogens (primary N) is 1. The van der Waals surface area contributed by atoms with Gasteiger partial charge in [-0.1, -0.05) is 42.5 Å². The van der Waals surface area contributed by atoms with Gasteiger partial charge in [-0.15, -0.1) is 0 Å². The van der Waals surface area contributed by atoms with Crippen LogP contribution in [0.5, 0.6) is 0 Å². The smallest absolute Gasteiger partial charge is 0.408 e. The Hall–Kier alpha value is -3.95. The highest BCUT2D eigenvalue weighted by Crippen LogP contribution is 2.16. The highest BCUT2D eigenvalue weighted by molar-refractivity contribution is 5.91. The summed E-state index contributed by atoms with van der Waals surface area (Å²) >= 11 is 0. The van der Waals surface area contributed by atoms with E-state index in [1.807, 2.05) is 30.3 Å². The number of nitro groups is 1. The first kappa shape index (κ1) is 26.3. The Balaban J connectivity index is 2.25. The van der Waals surface area contributed by atoms with E-state index in [1.54, 1.807) is 20.8 Å². The molecule has 182 valence electrons. The number of carbonyl (C=O) groups is 3. The lowest BCUT2D eigenvalue weighted by molar-refractivity contribution is -0.384. The van der Waals surface area contributed by atoms with Gasteiger partial charge in [-0.25, -0.2) is 4.79 Å². The summed E-state index contributed by atoms with van der Waals surface area (Å²) in [7, 11) is 1.43. The van der Waals surface area contributed by atoms with Crippen molar-refractivity contribution in [2.24, 2.45) is 5.73 Å². The molecule has 2 rings (SSSR count). The molecule has 0 spiro atoms. The lowest BCUT2D eigenvalue weighted by atomic mass is 10.0. The summed E-state index contributed by atoms with van der Waals surface area (Å²) in [6.45, 7) is 5.13. The SMILES string of the molecule is CN(C(=O)[C@H](Cc1ccccc1)NC(=O)OC(C)(C)C)[C@@H](Cc1ccc([N+](=O)[O-])cc1)C(N)=O. The monoisotopic (exact) mass is 470 g/mol. The van der Waals surface area contributed by atoms with Gasteiger partial charge >= 0.3 is 6.09 Å². The molecule has 3 amide bonds. The number of carbonyl (C=O) groups excluding carboxylic acids is 3. The molecule has 0 bridgehead atoms. The van der Waals surface area contributed by atoms with Crippen LogP contribution < -0.4 is 11.1 Å². The molecule has 0 fully saturated rings. The van der Waals surface area contributed by atoms with Crippen LogP contribution in [0.1, 0.15) is 31.9 Å². The number of hydrogen-bond donors (Lipinski definition) is 2. The number of nitrogens with zero attached hydrogens (tertiary/aromatic N) is 2. The maximum Gasteiger partial charge on any atom is 0.408 e. The minimum atomic E-state index is -1.03. The summed E-state index contributed by atoms with van der Waals surface area (Å²) in [5, 5.41) is 13.5. The van der Waals surface area contributed by atoms with Gasteiger partial charge in [0.1, 0.15) is 17.7 Å². The molecule has 0 saturated heterocycles. The molecule has 10 heteroatoms.